The minimum Gasteiger partial charge on any atom is -0.382 e. The lowest BCUT2D eigenvalue weighted by molar-refractivity contribution is -0.0338. The van der Waals surface area contributed by atoms with Crippen LogP contribution in [0.3, 0.4) is 0 Å². The van der Waals surface area contributed by atoms with Crippen molar-refractivity contribution in [3.63, 3.8) is 0 Å². The first-order valence-electron chi connectivity index (χ1n) is 8.00. The maximum absolute atomic E-state index is 14.4. The zero-order chi connectivity index (χ0) is 20.0. The van der Waals surface area contributed by atoms with Crippen LogP contribution in [-0.2, 0) is 13.8 Å². The number of nitrogens with zero attached hydrogens (tertiary/aromatic N) is 4. The Kier molecular flexibility index (Phi) is 8.11. The summed E-state index contributed by atoms with van der Waals surface area (Å²) >= 11 is 0. The lowest BCUT2D eigenvalue weighted by Crippen LogP contribution is -2.17. The molecule has 2 aromatic heterocycles. The van der Waals surface area contributed by atoms with E-state index in [9.17, 15) is 18.1 Å². The molecule has 1 saturated heterocycles. The van der Waals surface area contributed by atoms with Gasteiger partial charge >= 0.3 is 8.60 Å². The molecule has 9 nitrogen and oxygen atoms in total. The third kappa shape index (κ3) is 5.69. The van der Waals surface area contributed by atoms with Crippen molar-refractivity contribution in [1.29, 1.82) is 0 Å². The van der Waals surface area contributed by atoms with E-state index in [0.29, 0.717) is 11.2 Å². The lowest BCUT2D eigenvalue weighted by Gasteiger charge is -2.17. The van der Waals surface area contributed by atoms with Gasteiger partial charge < -0.3 is 24.4 Å². The molecule has 4 unspecified atom stereocenters. The van der Waals surface area contributed by atoms with Crippen LogP contribution in [0, 0.1) is 0 Å². The fraction of sp³-hybridized carbons (Fsp3) is 0.643. The molecule has 0 aliphatic carbocycles. The minimum atomic E-state index is -2.00. The number of nitrogen functional groups attached to an aromatic ring is 1. The van der Waals surface area contributed by atoms with Crippen LogP contribution >= 0.6 is 8.60 Å². The first-order valence-corrected chi connectivity index (χ1v) is 9.13. The molecule has 1 aliphatic rings. The van der Waals surface area contributed by atoms with Crippen molar-refractivity contribution in [2.45, 2.75) is 44.9 Å². The number of fused-ring (bicyclic) bond motifs is 1. The Balaban J connectivity index is 0.000000817. The zero-order valence-corrected chi connectivity index (χ0v) is 15.6. The number of nitrogens with two attached hydrogens (primary N) is 1. The molecule has 152 valence electrons. The SMILES string of the molecule is CC(C)OP(O)OCC1CC(F)C(n2cnc3c(N)ncnc32)O1.FCF. The Bertz CT molecular complexity index is 725. The van der Waals surface area contributed by atoms with Crippen LogP contribution in [0.5, 0.6) is 0 Å². The molecule has 3 N–H and O–H groups in total. The van der Waals surface area contributed by atoms with Crippen molar-refractivity contribution in [2.24, 2.45) is 0 Å². The Hall–Kier alpha value is -1.59. The number of imidazole rings is 1. The molecule has 3 rings (SSSR count). The van der Waals surface area contributed by atoms with Crippen LogP contribution in [-0.4, -0.2) is 56.3 Å². The summed E-state index contributed by atoms with van der Waals surface area (Å²) in [6.07, 6.45) is 0.0504. The molecule has 2 aromatic rings. The number of rotatable bonds is 6. The lowest BCUT2D eigenvalue weighted by atomic mass is 10.2. The second-order valence-corrected chi connectivity index (χ2v) is 6.72. The maximum atomic E-state index is 14.4. The second-order valence-electron chi connectivity index (χ2n) is 5.77. The van der Waals surface area contributed by atoms with E-state index >= 15 is 0 Å². The molecule has 27 heavy (non-hydrogen) atoms. The molecule has 3 heterocycles. The van der Waals surface area contributed by atoms with Gasteiger partial charge in [0.25, 0.3) is 0 Å². The number of anilines is 1. The Morgan fingerprint density at radius 1 is 1.41 bits per heavy atom. The third-order valence-corrected chi connectivity index (χ3v) is 4.43. The fourth-order valence-electron chi connectivity index (χ4n) is 2.47. The summed E-state index contributed by atoms with van der Waals surface area (Å²) in [6, 6.07) is 0. The van der Waals surface area contributed by atoms with E-state index in [4.69, 9.17) is 19.5 Å². The van der Waals surface area contributed by atoms with Gasteiger partial charge in [0, 0.05) is 6.42 Å². The van der Waals surface area contributed by atoms with Gasteiger partial charge in [-0.15, -0.1) is 0 Å². The number of hydrogen-bond acceptors (Lipinski definition) is 8. The molecule has 0 spiro atoms. The van der Waals surface area contributed by atoms with Crippen LogP contribution in [0.15, 0.2) is 12.7 Å². The van der Waals surface area contributed by atoms with Crippen LogP contribution in [0.4, 0.5) is 19.0 Å². The molecule has 0 bridgehead atoms. The summed E-state index contributed by atoms with van der Waals surface area (Å²) in [5.41, 5.74) is 6.54. The van der Waals surface area contributed by atoms with Crippen molar-refractivity contribution >= 4 is 25.6 Å². The number of ether oxygens (including phenoxy) is 1. The van der Waals surface area contributed by atoms with E-state index in [1.807, 2.05) is 0 Å². The van der Waals surface area contributed by atoms with E-state index in [0.717, 1.165) is 0 Å². The van der Waals surface area contributed by atoms with E-state index in [2.05, 4.69) is 15.0 Å². The van der Waals surface area contributed by atoms with Gasteiger partial charge in [-0.3, -0.25) is 4.57 Å². The van der Waals surface area contributed by atoms with Gasteiger partial charge in [0.15, 0.2) is 17.7 Å². The van der Waals surface area contributed by atoms with Crippen LogP contribution in [0.25, 0.3) is 11.2 Å². The molecular weight excluding hydrogens is 390 g/mol. The molecule has 0 aromatic carbocycles. The first kappa shape index (κ1) is 21.7. The van der Waals surface area contributed by atoms with Crippen LogP contribution in [0.1, 0.15) is 26.5 Å². The first-order chi connectivity index (χ1) is 12.9. The number of halogens is 3. The highest BCUT2D eigenvalue weighted by atomic mass is 31.2. The standard InChI is InChI=1S/C13H19FN5O4P.CH2F2/c1-7(2)23-24(20)21-4-8-3-9(14)13(22-8)19-6-18-10-11(15)16-5-17-12(10)19;2-1-3/h5-9,13,20H,3-4H2,1-2H3,(H2,15,16,17);1H2. The smallest absolute Gasteiger partial charge is 0.330 e. The molecule has 1 aliphatic heterocycles. The molecule has 0 saturated carbocycles. The number of hydrogen-bond donors (Lipinski definition) is 2. The zero-order valence-electron chi connectivity index (χ0n) is 14.7. The molecular formula is C14H21F3N5O4P. The highest BCUT2D eigenvalue weighted by Crippen LogP contribution is 2.38. The Labute approximate surface area is 154 Å². The predicted octanol–water partition coefficient (Wildman–Crippen LogP) is 2.58. The summed E-state index contributed by atoms with van der Waals surface area (Å²) in [6.45, 7) is 1.86. The summed E-state index contributed by atoms with van der Waals surface area (Å²) in [5, 5.41) is 0. The largest absolute Gasteiger partial charge is 0.382 e. The normalized spacial score (nSPS) is 23.4. The minimum absolute atomic E-state index is 0.0373. The van der Waals surface area contributed by atoms with Gasteiger partial charge in [0.05, 0.1) is 25.1 Å². The summed E-state index contributed by atoms with van der Waals surface area (Å²) in [7, 11) is -2.00. The van der Waals surface area contributed by atoms with Crippen molar-refractivity contribution in [3.05, 3.63) is 12.7 Å². The van der Waals surface area contributed by atoms with Gasteiger partial charge in [-0.05, 0) is 13.8 Å². The Morgan fingerprint density at radius 3 is 2.78 bits per heavy atom. The fourth-order valence-corrected chi connectivity index (χ4v) is 3.18. The molecule has 0 amide bonds. The second kappa shape index (κ2) is 10.1. The molecule has 4 atom stereocenters. The monoisotopic (exact) mass is 411 g/mol. The van der Waals surface area contributed by atoms with Crippen molar-refractivity contribution in [3.8, 4) is 0 Å². The molecule has 13 heteroatoms. The van der Waals surface area contributed by atoms with Gasteiger partial charge in [-0.25, -0.2) is 28.1 Å². The highest BCUT2D eigenvalue weighted by Gasteiger charge is 2.38. The quantitative estimate of drug-likeness (QED) is 0.697. The average molecular weight is 411 g/mol. The van der Waals surface area contributed by atoms with E-state index < -0.39 is 34.0 Å². The summed E-state index contributed by atoms with van der Waals surface area (Å²) < 4.78 is 51.1. The van der Waals surface area contributed by atoms with E-state index in [1.165, 1.54) is 17.2 Å². The predicted molar refractivity (Wildman–Crippen MR) is 91.6 cm³/mol. The van der Waals surface area contributed by atoms with Crippen molar-refractivity contribution in [2.75, 3.05) is 19.3 Å². The number of aromatic nitrogens is 4. The van der Waals surface area contributed by atoms with Gasteiger partial charge in [-0.2, -0.15) is 0 Å². The van der Waals surface area contributed by atoms with Gasteiger partial charge in [-0.1, -0.05) is 0 Å². The van der Waals surface area contributed by atoms with E-state index in [-0.39, 0.29) is 24.9 Å². The van der Waals surface area contributed by atoms with Crippen molar-refractivity contribution < 1.29 is 31.8 Å². The van der Waals surface area contributed by atoms with Crippen molar-refractivity contribution in [1.82, 2.24) is 19.5 Å². The topological polar surface area (TPSA) is 118 Å². The summed E-state index contributed by atoms with van der Waals surface area (Å²) in [5.74, 6) is 0.226. The van der Waals surface area contributed by atoms with Gasteiger partial charge in [0.1, 0.15) is 18.0 Å². The van der Waals surface area contributed by atoms with Gasteiger partial charge in [0.2, 0.25) is 6.93 Å². The molecule has 0 radical (unpaired) electrons. The maximum Gasteiger partial charge on any atom is 0.330 e. The summed E-state index contributed by atoms with van der Waals surface area (Å²) in [4.78, 5) is 21.6. The van der Waals surface area contributed by atoms with Crippen LogP contribution in [0.2, 0.25) is 0 Å². The average Bonchev–Trinajstić information content (AvgIpc) is 3.17. The van der Waals surface area contributed by atoms with E-state index in [1.54, 1.807) is 13.8 Å². The number of alkyl halides is 3. The van der Waals surface area contributed by atoms with Crippen LogP contribution < -0.4 is 5.73 Å². The Morgan fingerprint density at radius 2 is 2.11 bits per heavy atom. The third-order valence-electron chi connectivity index (χ3n) is 3.46. The molecule has 1 fully saturated rings. The highest BCUT2D eigenvalue weighted by molar-refractivity contribution is 7.40.